The normalized spacial score (nSPS) is 41.8. The Kier molecular flexibility index (Phi) is 3.11. The Morgan fingerprint density at radius 2 is 2.16 bits per heavy atom. The number of hydrogen-bond acceptors (Lipinski definition) is 8. The van der Waals surface area contributed by atoms with Gasteiger partial charge in [0, 0.05) is 18.2 Å². The zero-order valence-electron chi connectivity index (χ0n) is 13.8. The second kappa shape index (κ2) is 4.60. The number of aryl methyl sites for hydroxylation is 1. The van der Waals surface area contributed by atoms with E-state index in [1.807, 2.05) is 0 Å². The Balaban J connectivity index is 1.75. The lowest BCUT2D eigenvalue weighted by atomic mass is 9.59. The van der Waals surface area contributed by atoms with E-state index in [-0.39, 0.29) is 13.0 Å². The summed E-state index contributed by atoms with van der Waals surface area (Å²) in [6, 6.07) is 0. The summed E-state index contributed by atoms with van der Waals surface area (Å²) in [5, 5.41) is 10.3. The quantitative estimate of drug-likeness (QED) is 0.600. The minimum absolute atomic E-state index is 0.0311. The van der Waals surface area contributed by atoms with Gasteiger partial charge in [0.1, 0.15) is 11.7 Å². The second-order valence-electron chi connectivity index (χ2n) is 7.17. The van der Waals surface area contributed by atoms with Crippen LogP contribution < -0.4 is 11.2 Å². The number of nitrogens with one attached hydrogen (secondary N) is 1. The molecule has 0 bridgehead atoms. The molecule has 5 atom stereocenters. The molecule has 11 heteroatoms. The van der Waals surface area contributed by atoms with Gasteiger partial charge in [-0.3, -0.25) is 18.5 Å². The van der Waals surface area contributed by atoms with Crippen LogP contribution in [0.25, 0.3) is 0 Å². The SMILES string of the molecule is Cc1cn(C2(C)O[C@@]3(COS(C)(=O)=O)CC4(O)OC2C43)c(=O)[nH]c1=O. The average molecular weight is 374 g/mol. The predicted octanol–water partition coefficient (Wildman–Crippen LogP) is -1.63. The van der Waals surface area contributed by atoms with Crippen LogP contribution in [-0.4, -0.2) is 53.4 Å². The summed E-state index contributed by atoms with van der Waals surface area (Å²) in [6.07, 6.45) is 1.63. The first-order valence-electron chi connectivity index (χ1n) is 7.68. The molecular weight excluding hydrogens is 356 g/mol. The van der Waals surface area contributed by atoms with Crippen molar-refractivity contribution < 1.29 is 27.2 Å². The van der Waals surface area contributed by atoms with E-state index in [0.29, 0.717) is 5.56 Å². The van der Waals surface area contributed by atoms with Crippen LogP contribution in [0.2, 0.25) is 0 Å². The standard InChI is InChI=1S/C14H18N2O8S/c1-7-4-16(11(18)15-10(7)17)12(2)9-8-13(24-12,5-14(8,19)23-9)6-22-25(3,20)21/h4,8-9,19H,5-6H2,1-3H3,(H,15,17,18)/t8?,9?,12?,13-,14?/m1/s1. The maximum atomic E-state index is 12.3. The first-order chi connectivity index (χ1) is 11.4. The summed E-state index contributed by atoms with van der Waals surface area (Å²) in [5.41, 5.74) is -3.29. The highest BCUT2D eigenvalue weighted by Crippen LogP contribution is 2.69. The number of ether oxygens (including phenoxy) is 2. The smallest absolute Gasteiger partial charge is 0.330 e. The molecule has 2 N–H and O–H groups in total. The number of hydrogen-bond donors (Lipinski definition) is 2. The molecule has 4 rings (SSSR count). The molecule has 3 heterocycles. The van der Waals surface area contributed by atoms with Crippen molar-refractivity contribution in [2.45, 2.75) is 43.5 Å². The van der Waals surface area contributed by atoms with E-state index in [1.54, 1.807) is 13.8 Å². The van der Waals surface area contributed by atoms with Crippen LogP contribution in [0.3, 0.4) is 0 Å². The maximum absolute atomic E-state index is 12.3. The summed E-state index contributed by atoms with van der Waals surface area (Å²) < 4.78 is 40.4. The van der Waals surface area contributed by atoms with E-state index >= 15 is 0 Å². The Hall–Kier alpha value is -1.53. The Morgan fingerprint density at radius 3 is 2.76 bits per heavy atom. The Morgan fingerprint density at radius 1 is 1.48 bits per heavy atom. The Bertz CT molecular complexity index is 983. The van der Waals surface area contributed by atoms with Crippen LogP contribution >= 0.6 is 0 Å². The van der Waals surface area contributed by atoms with Gasteiger partial charge in [-0.2, -0.15) is 8.42 Å². The number of H-pyrrole nitrogens is 1. The molecular formula is C14H18N2O8S. The highest BCUT2D eigenvalue weighted by molar-refractivity contribution is 7.85. The molecule has 3 aliphatic rings. The van der Waals surface area contributed by atoms with Crippen molar-refractivity contribution in [2.24, 2.45) is 5.92 Å². The highest BCUT2D eigenvalue weighted by atomic mass is 32.2. The molecule has 0 radical (unpaired) electrons. The largest absolute Gasteiger partial charge is 0.365 e. The molecule has 1 aromatic rings. The van der Waals surface area contributed by atoms with Crippen molar-refractivity contribution in [2.75, 3.05) is 12.9 Å². The van der Waals surface area contributed by atoms with Crippen molar-refractivity contribution in [1.29, 1.82) is 0 Å². The van der Waals surface area contributed by atoms with Crippen molar-refractivity contribution in [3.63, 3.8) is 0 Å². The van der Waals surface area contributed by atoms with E-state index < -0.39 is 50.5 Å². The molecule has 1 saturated carbocycles. The van der Waals surface area contributed by atoms with Gasteiger partial charge in [-0.05, 0) is 13.8 Å². The lowest BCUT2D eigenvalue weighted by molar-refractivity contribution is -0.434. The van der Waals surface area contributed by atoms with Gasteiger partial charge in [0.05, 0.1) is 18.8 Å². The molecule has 1 aliphatic carbocycles. The van der Waals surface area contributed by atoms with E-state index in [0.717, 1.165) is 6.26 Å². The van der Waals surface area contributed by atoms with Crippen LogP contribution in [0.5, 0.6) is 0 Å². The third-order valence-corrected chi connectivity index (χ3v) is 5.84. The fraction of sp³-hybridized carbons (Fsp3) is 0.714. The van der Waals surface area contributed by atoms with E-state index in [2.05, 4.69) is 4.98 Å². The average Bonchev–Trinajstić information content (AvgIpc) is 2.55. The van der Waals surface area contributed by atoms with Crippen molar-refractivity contribution in [3.8, 4) is 0 Å². The number of nitrogens with zero attached hydrogens (tertiary/aromatic N) is 1. The van der Waals surface area contributed by atoms with Crippen molar-refractivity contribution in [3.05, 3.63) is 32.6 Å². The first-order valence-corrected chi connectivity index (χ1v) is 9.50. The highest BCUT2D eigenvalue weighted by Gasteiger charge is 2.84. The second-order valence-corrected chi connectivity index (χ2v) is 8.81. The molecule has 2 aliphatic heterocycles. The van der Waals surface area contributed by atoms with E-state index in [1.165, 1.54) is 10.8 Å². The lowest BCUT2D eigenvalue weighted by Crippen LogP contribution is -2.78. The first kappa shape index (κ1) is 16.9. The summed E-state index contributed by atoms with van der Waals surface area (Å²) in [4.78, 5) is 26.1. The fourth-order valence-corrected chi connectivity index (χ4v) is 4.63. The van der Waals surface area contributed by atoms with Gasteiger partial charge >= 0.3 is 5.69 Å². The number of rotatable bonds is 4. The minimum Gasteiger partial charge on any atom is -0.365 e. The molecule has 138 valence electrons. The molecule has 1 aromatic heterocycles. The predicted molar refractivity (Wildman–Crippen MR) is 82.2 cm³/mol. The van der Waals surface area contributed by atoms with Gasteiger partial charge in [0.15, 0.2) is 11.5 Å². The van der Waals surface area contributed by atoms with Gasteiger partial charge in [-0.15, -0.1) is 0 Å². The van der Waals surface area contributed by atoms with E-state index in [4.69, 9.17) is 13.7 Å². The van der Waals surface area contributed by atoms with Crippen LogP contribution in [-0.2, 0) is 29.5 Å². The molecule has 3 fully saturated rings. The maximum Gasteiger partial charge on any atom is 0.330 e. The molecule has 4 unspecified atom stereocenters. The molecule has 10 nitrogen and oxygen atoms in total. The van der Waals surface area contributed by atoms with Gasteiger partial charge in [0.25, 0.3) is 15.7 Å². The number of aromatic amines is 1. The number of aromatic nitrogens is 2. The van der Waals surface area contributed by atoms with Crippen LogP contribution in [0, 0.1) is 12.8 Å². The molecule has 0 amide bonds. The summed E-state index contributed by atoms with van der Waals surface area (Å²) in [5.74, 6) is -1.95. The third-order valence-electron chi connectivity index (χ3n) is 5.29. The molecule has 25 heavy (non-hydrogen) atoms. The summed E-state index contributed by atoms with van der Waals surface area (Å²) in [6.45, 7) is 2.85. The van der Waals surface area contributed by atoms with Gasteiger partial charge in [0.2, 0.25) is 0 Å². The zero-order valence-corrected chi connectivity index (χ0v) is 14.6. The molecule has 0 aromatic carbocycles. The van der Waals surface area contributed by atoms with Crippen LogP contribution in [0.15, 0.2) is 15.8 Å². The van der Waals surface area contributed by atoms with Crippen molar-refractivity contribution >= 4 is 10.1 Å². The van der Waals surface area contributed by atoms with E-state index in [9.17, 15) is 23.1 Å². The van der Waals surface area contributed by atoms with Gasteiger partial charge in [-0.1, -0.05) is 0 Å². The van der Waals surface area contributed by atoms with Gasteiger partial charge < -0.3 is 14.6 Å². The topological polar surface area (TPSA) is 137 Å². The zero-order chi connectivity index (χ0) is 18.4. The van der Waals surface area contributed by atoms with Gasteiger partial charge in [-0.25, -0.2) is 4.79 Å². The summed E-state index contributed by atoms with van der Waals surface area (Å²) in [7, 11) is -3.70. The monoisotopic (exact) mass is 374 g/mol. The minimum atomic E-state index is -3.70. The number of aliphatic hydroxyl groups is 1. The third kappa shape index (κ3) is 2.13. The van der Waals surface area contributed by atoms with Crippen molar-refractivity contribution in [1.82, 2.24) is 9.55 Å². The van der Waals surface area contributed by atoms with Crippen LogP contribution in [0.4, 0.5) is 0 Å². The molecule has 0 spiro atoms. The molecule has 2 saturated heterocycles. The summed E-state index contributed by atoms with van der Waals surface area (Å²) >= 11 is 0. The fourth-order valence-electron chi connectivity index (χ4n) is 4.22. The lowest BCUT2D eigenvalue weighted by Gasteiger charge is -2.62. The Labute approximate surface area is 142 Å². The van der Waals surface area contributed by atoms with Crippen LogP contribution in [0.1, 0.15) is 18.9 Å².